The second kappa shape index (κ2) is 4.90. The fourth-order valence-corrected chi connectivity index (χ4v) is 2.62. The van der Waals surface area contributed by atoms with Gasteiger partial charge in [0.25, 0.3) is 0 Å². The van der Waals surface area contributed by atoms with Gasteiger partial charge in [0.2, 0.25) is 0 Å². The minimum atomic E-state index is 0.435. The zero-order valence-corrected chi connectivity index (χ0v) is 10.4. The van der Waals surface area contributed by atoms with Gasteiger partial charge in [-0.25, -0.2) is 4.98 Å². The summed E-state index contributed by atoms with van der Waals surface area (Å²) in [5.41, 5.74) is 8.38. The molecule has 1 aromatic carbocycles. The van der Waals surface area contributed by atoms with E-state index in [1.807, 2.05) is 0 Å². The molecule has 0 spiro atoms. The lowest BCUT2D eigenvalue weighted by Gasteiger charge is -2.01. The first kappa shape index (κ1) is 11.4. The summed E-state index contributed by atoms with van der Waals surface area (Å²) in [6.07, 6.45) is 3.97. The zero-order valence-electron chi connectivity index (χ0n) is 10.4. The number of rotatable bonds is 4. The molecule has 0 amide bonds. The molecule has 0 bridgehead atoms. The van der Waals surface area contributed by atoms with Crippen LogP contribution in [0.4, 0.5) is 0 Å². The summed E-state index contributed by atoms with van der Waals surface area (Å²) >= 11 is 0. The van der Waals surface area contributed by atoms with Crippen LogP contribution in [0.25, 0.3) is 0 Å². The topological polar surface area (TPSA) is 67.6 Å². The third-order valence-electron chi connectivity index (χ3n) is 3.58. The Bertz CT molecular complexity index is 507. The summed E-state index contributed by atoms with van der Waals surface area (Å²) in [5.74, 6) is 2.36. The van der Waals surface area contributed by atoms with Crippen molar-refractivity contribution in [2.24, 2.45) is 5.73 Å². The Balaban J connectivity index is 1.72. The Hall–Kier alpha value is -1.68. The van der Waals surface area contributed by atoms with Gasteiger partial charge in [0, 0.05) is 12.3 Å². The first-order chi connectivity index (χ1) is 8.86. The number of aromatic nitrogens is 3. The van der Waals surface area contributed by atoms with E-state index in [-0.39, 0.29) is 0 Å². The Morgan fingerprint density at radius 1 is 1.22 bits per heavy atom. The maximum absolute atomic E-state index is 5.50. The van der Waals surface area contributed by atoms with Gasteiger partial charge in [0.1, 0.15) is 5.82 Å². The molecule has 3 N–H and O–H groups in total. The van der Waals surface area contributed by atoms with Crippen molar-refractivity contribution in [2.75, 3.05) is 6.54 Å². The fourth-order valence-electron chi connectivity index (χ4n) is 2.62. The smallest absolute Gasteiger partial charge is 0.154 e. The van der Waals surface area contributed by atoms with Crippen LogP contribution < -0.4 is 5.73 Å². The monoisotopic (exact) mass is 242 g/mol. The van der Waals surface area contributed by atoms with Crippen LogP contribution in [-0.2, 0) is 19.3 Å². The minimum absolute atomic E-state index is 0.435. The number of H-pyrrole nitrogens is 1. The Morgan fingerprint density at radius 2 is 1.94 bits per heavy atom. The number of nitrogens with zero attached hydrogens (tertiary/aromatic N) is 2. The molecule has 0 atom stereocenters. The number of hydrogen-bond donors (Lipinski definition) is 2. The highest BCUT2D eigenvalue weighted by atomic mass is 15.2. The number of nitrogens with two attached hydrogens (primary N) is 1. The Morgan fingerprint density at radius 3 is 2.61 bits per heavy atom. The fraction of sp³-hybridized carbons (Fsp3) is 0.429. The van der Waals surface area contributed by atoms with E-state index in [4.69, 9.17) is 5.73 Å². The minimum Gasteiger partial charge on any atom is -0.330 e. The van der Waals surface area contributed by atoms with Gasteiger partial charge in [-0.1, -0.05) is 24.3 Å². The maximum Gasteiger partial charge on any atom is 0.154 e. The molecule has 3 rings (SSSR count). The second-order valence-corrected chi connectivity index (χ2v) is 4.91. The van der Waals surface area contributed by atoms with Crippen LogP contribution in [0, 0.1) is 0 Å². The van der Waals surface area contributed by atoms with Gasteiger partial charge in [0.05, 0.1) is 0 Å². The molecule has 0 unspecified atom stereocenters. The van der Waals surface area contributed by atoms with Crippen molar-refractivity contribution in [2.45, 2.75) is 31.6 Å². The molecule has 1 aromatic heterocycles. The van der Waals surface area contributed by atoms with E-state index in [0.717, 1.165) is 37.3 Å². The average Bonchev–Trinajstić information content (AvgIpc) is 3.02. The lowest BCUT2D eigenvalue weighted by molar-refractivity contribution is 0.685. The summed E-state index contributed by atoms with van der Waals surface area (Å²) in [4.78, 5) is 4.59. The normalized spacial score (nSPS) is 14.9. The molecule has 0 fully saturated rings. The molecule has 0 saturated carbocycles. The number of benzene rings is 1. The van der Waals surface area contributed by atoms with Crippen molar-refractivity contribution in [3.63, 3.8) is 0 Å². The third kappa shape index (κ3) is 2.16. The molecular weight excluding hydrogens is 224 g/mol. The first-order valence-electron chi connectivity index (χ1n) is 6.55. The highest BCUT2D eigenvalue weighted by Gasteiger charge is 2.25. The van der Waals surface area contributed by atoms with E-state index in [1.165, 1.54) is 11.1 Å². The van der Waals surface area contributed by atoms with Gasteiger partial charge in [-0.3, -0.25) is 5.10 Å². The first-order valence-corrected chi connectivity index (χ1v) is 6.55. The molecule has 4 heteroatoms. The third-order valence-corrected chi connectivity index (χ3v) is 3.58. The van der Waals surface area contributed by atoms with E-state index >= 15 is 0 Å². The predicted octanol–water partition coefficient (Wildman–Crippen LogP) is 1.58. The predicted molar refractivity (Wildman–Crippen MR) is 70.3 cm³/mol. The molecule has 94 valence electrons. The maximum atomic E-state index is 5.50. The molecule has 0 radical (unpaired) electrons. The standard InChI is InChI=1S/C14H18N4/c15-7-3-6-13-16-14(18-17-13)12-8-10-4-1-2-5-11(10)9-12/h1-2,4-5,12H,3,6-9,15H2,(H,16,17,18). The number of hydrogen-bond acceptors (Lipinski definition) is 3. The molecule has 18 heavy (non-hydrogen) atoms. The van der Waals surface area contributed by atoms with Crippen molar-refractivity contribution >= 4 is 0 Å². The molecular formula is C14H18N4. The lowest BCUT2D eigenvalue weighted by Crippen LogP contribution is -2.02. The van der Waals surface area contributed by atoms with Crippen LogP contribution in [-0.4, -0.2) is 21.7 Å². The van der Waals surface area contributed by atoms with Crippen molar-refractivity contribution in [1.29, 1.82) is 0 Å². The van der Waals surface area contributed by atoms with Crippen LogP contribution in [0.5, 0.6) is 0 Å². The largest absolute Gasteiger partial charge is 0.330 e. The molecule has 0 aliphatic heterocycles. The summed E-state index contributed by atoms with van der Waals surface area (Å²) in [6, 6.07) is 8.62. The van der Waals surface area contributed by atoms with Gasteiger partial charge in [0.15, 0.2) is 5.82 Å². The zero-order chi connectivity index (χ0) is 12.4. The van der Waals surface area contributed by atoms with Crippen LogP contribution in [0.1, 0.15) is 35.1 Å². The van der Waals surface area contributed by atoms with Crippen LogP contribution >= 0.6 is 0 Å². The molecule has 1 heterocycles. The van der Waals surface area contributed by atoms with E-state index in [1.54, 1.807) is 0 Å². The summed E-state index contributed by atoms with van der Waals surface area (Å²) in [6.45, 7) is 0.699. The molecule has 2 aromatic rings. The van der Waals surface area contributed by atoms with Crippen LogP contribution in [0.15, 0.2) is 24.3 Å². The van der Waals surface area contributed by atoms with Crippen LogP contribution in [0.2, 0.25) is 0 Å². The van der Waals surface area contributed by atoms with Gasteiger partial charge in [-0.15, -0.1) is 0 Å². The van der Waals surface area contributed by atoms with Gasteiger partial charge in [-0.05, 0) is 36.9 Å². The highest BCUT2D eigenvalue weighted by molar-refractivity contribution is 5.34. The van der Waals surface area contributed by atoms with E-state index in [2.05, 4.69) is 39.4 Å². The van der Waals surface area contributed by atoms with E-state index in [9.17, 15) is 0 Å². The van der Waals surface area contributed by atoms with Crippen molar-refractivity contribution in [1.82, 2.24) is 15.2 Å². The summed E-state index contributed by atoms with van der Waals surface area (Å²) < 4.78 is 0. The van der Waals surface area contributed by atoms with Gasteiger partial charge in [-0.2, -0.15) is 5.10 Å². The average molecular weight is 242 g/mol. The molecule has 4 nitrogen and oxygen atoms in total. The molecule has 1 aliphatic carbocycles. The quantitative estimate of drug-likeness (QED) is 0.855. The van der Waals surface area contributed by atoms with Crippen LogP contribution in [0.3, 0.4) is 0 Å². The van der Waals surface area contributed by atoms with Gasteiger partial charge < -0.3 is 5.73 Å². The molecule has 0 saturated heterocycles. The molecule has 1 aliphatic rings. The van der Waals surface area contributed by atoms with Crippen molar-refractivity contribution in [3.05, 3.63) is 47.0 Å². The number of aromatic amines is 1. The number of fused-ring (bicyclic) bond motifs is 1. The SMILES string of the molecule is NCCCc1nc(C2Cc3ccccc3C2)n[nH]1. The van der Waals surface area contributed by atoms with Gasteiger partial charge >= 0.3 is 0 Å². The number of aryl methyl sites for hydroxylation is 1. The second-order valence-electron chi connectivity index (χ2n) is 4.91. The summed E-state index contributed by atoms with van der Waals surface area (Å²) in [7, 11) is 0. The van der Waals surface area contributed by atoms with E-state index in [0.29, 0.717) is 12.5 Å². The van der Waals surface area contributed by atoms with Crippen molar-refractivity contribution < 1.29 is 0 Å². The Labute approximate surface area is 107 Å². The van der Waals surface area contributed by atoms with Crippen molar-refractivity contribution in [3.8, 4) is 0 Å². The Kier molecular flexibility index (Phi) is 3.11. The lowest BCUT2D eigenvalue weighted by atomic mass is 10.1. The number of nitrogens with one attached hydrogen (secondary N) is 1. The highest BCUT2D eigenvalue weighted by Crippen LogP contribution is 2.31. The van der Waals surface area contributed by atoms with E-state index < -0.39 is 0 Å². The summed E-state index contributed by atoms with van der Waals surface area (Å²) in [5, 5.41) is 7.38.